The average Bonchev–Trinajstić information content (AvgIpc) is 3.91. The molecule has 10 aromatic carbocycles. The van der Waals surface area contributed by atoms with Gasteiger partial charge in [0.25, 0.3) is 0 Å². The molecule has 0 aliphatic carbocycles. The van der Waals surface area contributed by atoms with Crippen LogP contribution in [-0.2, 0) is 0 Å². The third kappa shape index (κ3) is 6.09. The van der Waals surface area contributed by atoms with E-state index in [1.165, 1.54) is 64.3 Å². The molecule has 0 bridgehead atoms. The minimum atomic E-state index is 0.911. The average molecular weight is 796 g/mol. The van der Waals surface area contributed by atoms with E-state index in [1.54, 1.807) is 0 Å². The van der Waals surface area contributed by atoms with Gasteiger partial charge >= 0.3 is 0 Å². The number of para-hydroxylation sites is 1. The molecule has 2 aromatic heterocycles. The molecule has 0 N–H and O–H groups in total. The van der Waals surface area contributed by atoms with Crippen molar-refractivity contribution in [3.8, 4) is 44.5 Å². The van der Waals surface area contributed by atoms with E-state index < -0.39 is 0 Å². The fraction of sp³-hybridized carbons (Fsp3) is 0. The number of nitrogens with zero attached hydrogens (tertiary/aromatic N) is 1. The van der Waals surface area contributed by atoms with Crippen LogP contribution in [0.15, 0.2) is 229 Å². The quantitative estimate of drug-likeness (QED) is 0.160. The standard InChI is InChI=1S/C58H37NOS/c1-2-11-42(12-3-1)49-18-9-19-52-53-20-10-21-54(58(53)61-57(49)52)59(46-34-29-43(30-35-46)48-17-8-14-41-13-4-5-15-47(41)48)45-32-27-39(28-33-45)38-23-25-40(26-24-38)44-31-36-51-50-16-6-7-22-55(50)60-56(51)37-44/h1-37H. The Morgan fingerprint density at radius 2 is 0.820 bits per heavy atom. The fourth-order valence-electron chi connectivity index (χ4n) is 9.08. The molecule has 0 saturated carbocycles. The van der Waals surface area contributed by atoms with Crippen molar-refractivity contribution in [1.29, 1.82) is 0 Å². The summed E-state index contributed by atoms with van der Waals surface area (Å²) in [6, 6.07) is 81.1. The highest BCUT2D eigenvalue weighted by molar-refractivity contribution is 7.27. The second-order valence-corrected chi connectivity index (χ2v) is 16.7. The predicted octanol–water partition coefficient (Wildman–Crippen LogP) is 17.2. The first kappa shape index (κ1) is 35.2. The lowest BCUT2D eigenvalue weighted by atomic mass is 9.98. The zero-order valence-electron chi connectivity index (χ0n) is 33.1. The molecule has 0 spiro atoms. The Morgan fingerprint density at radius 3 is 1.59 bits per heavy atom. The summed E-state index contributed by atoms with van der Waals surface area (Å²) < 4.78 is 8.77. The van der Waals surface area contributed by atoms with Crippen LogP contribution in [0.2, 0.25) is 0 Å². The number of furan rings is 1. The Balaban J connectivity index is 0.940. The molecule has 2 heterocycles. The van der Waals surface area contributed by atoms with E-state index in [9.17, 15) is 0 Å². The number of benzene rings is 10. The largest absolute Gasteiger partial charge is 0.456 e. The van der Waals surface area contributed by atoms with E-state index in [0.717, 1.165) is 50.1 Å². The van der Waals surface area contributed by atoms with Crippen molar-refractivity contribution in [3.05, 3.63) is 224 Å². The molecule has 2 nitrogen and oxygen atoms in total. The Kier molecular flexibility index (Phi) is 8.39. The van der Waals surface area contributed by atoms with E-state index in [4.69, 9.17) is 4.42 Å². The molecule has 12 rings (SSSR count). The second kappa shape index (κ2) is 14.5. The summed E-state index contributed by atoms with van der Waals surface area (Å²) >= 11 is 1.88. The Bertz CT molecular complexity index is 3560. The van der Waals surface area contributed by atoms with E-state index >= 15 is 0 Å². The van der Waals surface area contributed by atoms with Gasteiger partial charge in [0.1, 0.15) is 11.2 Å². The van der Waals surface area contributed by atoms with Crippen LogP contribution in [0.3, 0.4) is 0 Å². The van der Waals surface area contributed by atoms with Crippen molar-refractivity contribution in [2.24, 2.45) is 0 Å². The number of anilines is 3. The van der Waals surface area contributed by atoms with Crippen molar-refractivity contribution in [2.75, 3.05) is 4.90 Å². The van der Waals surface area contributed by atoms with Gasteiger partial charge in [-0.1, -0.05) is 176 Å². The van der Waals surface area contributed by atoms with Crippen molar-refractivity contribution < 1.29 is 4.42 Å². The van der Waals surface area contributed by atoms with Gasteiger partial charge in [0.05, 0.1) is 10.4 Å². The van der Waals surface area contributed by atoms with Gasteiger partial charge < -0.3 is 9.32 Å². The van der Waals surface area contributed by atoms with Crippen LogP contribution >= 0.6 is 11.3 Å². The van der Waals surface area contributed by atoms with Gasteiger partial charge in [-0.3, -0.25) is 0 Å². The lowest BCUT2D eigenvalue weighted by Gasteiger charge is -2.26. The van der Waals surface area contributed by atoms with Crippen molar-refractivity contribution in [3.63, 3.8) is 0 Å². The maximum Gasteiger partial charge on any atom is 0.136 e. The van der Waals surface area contributed by atoms with Gasteiger partial charge in [0.15, 0.2) is 0 Å². The van der Waals surface area contributed by atoms with E-state index in [-0.39, 0.29) is 0 Å². The number of fused-ring (bicyclic) bond motifs is 7. The molecule has 0 fully saturated rings. The van der Waals surface area contributed by atoms with Crippen molar-refractivity contribution in [1.82, 2.24) is 0 Å². The predicted molar refractivity (Wildman–Crippen MR) is 261 cm³/mol. The monoisotopic (exact) mass is 795 g/mol. The van der Waals surface area contributed by atoms with E-state index in [0.29, 0.717) is 0 Å². The maximum atomic E-state index is 6.20. The van der Waals surface area contributed by atoms with Gasteiger partial charge in [-0.25, -0.2) is 0 Å². The summed E-state index contributed by atoms with van der Waals surface area (Å²) in [5, 5.41) is 7.35. The van der Waals surface area contributed by atoms with Crippen molar-refractivity contribution >= 4 is 81.3 Å². The molecule has 3 heteroatoms. The molecule has 286 valence electrons. The van der Waals surface area contributed by atoms with Crippen LogP contribution in [0.4, 0.5) is 17.1 Å². The van der Waals surface area contributed by atoms with Gasteiger partial charge in [-0.2, -0.15) is 0 Å². The highest BCUT2D eigenvalue weighted by Gasteiger charge is 2.20. The summed E-state index contributed by atoms with van der Waals surface area (Å²) in [6.07, 6.45) is 0. The van der Waals surface area contributed by atoms with Crippen LogP contribution in [-0.4, -0.2) is 0 Å². The molecule has 0 radical (unpaired) electrons. The lowest BCUT2D eigenvalue weighted by molar-refractivity contribution is 0.669. The molecule has 0 amide bonds. The maximum absolute atomic E-state index is 6.20. The number of rotatable bonds is 7. The third-order valence-electron chi connectivity index (χ3n) is 12.1. The van der Waals surface area contributed by atoms with Crippen molar-refractivity contribution in [2.45, 2.75) is 0 Å². The molecule has 61 heavy (non-hydrogen) atoms. The molecule has 0 aliphatic heterocycles. The van der Waals surface area contributed by atoms with E-state index in [2.05, 4.69) is 217 Å². The molecular weight excluding hydrogens is 759 g/mol. The highest BCUT2D eigenvalue weighted by atomic mass is 32.1. The fourth-order valence-corrected chi connectivity index (χ4v) is 10.4. The van der Waals surface area contributed by atoms with Gasteiger partial charge in [-0.05, 0) is 104 Å². The summed E-state index contributed by atoms with van der Waals surface area (Å²) in [5.41, 5.74) is 14.8. The highest BCUT2D eigenvalue weighted by Crippen LogP contribution is 2.47. The van der Waals surface area contributed by atoms with E-state index in [1.807, 2.05) is 23.5 Å². The minimum Gasteiger partial charge on any atom is -0.456 e. The second-order valence-electron chi connectivity index (χ2n) is 15.6. The normalized spacial score (nSPS) is 11.6. The molecule has 0 unspecified atom stereocenters. The van der Waals surface area contributed by atoms with Crippen LogP contribution in [0, 0.1) is 0 Å². The first-order valence-electron chi connectivity index (χ1n) is 20.7. The Labute approximate surface area is 357 Å². The minimum absolute atomic E-state index is 0.911. The van der Waals surface area contributed by atoms with Gasteiger partial charge in [0, 0.05) is 37.6 Å². The summed E-state index contributed by atoms with van der Waals surface area (Å²) in [5.74, 6) is 0. The Hall–Kier alpha value is -7.72. The third-order valence-corrected chi connectivity index (χ3v) is 13.4. The van der Waals surface area contributed by atoms with Gasteiger partial charge in [0.2, 0.25) is 0 Å². The molecular formula is C58H37NOS. The zero-order chi connectivity index (χ0) is 40.3. The van der Waals surface area contributed by atoms with Crippen LogP contribution in [0.25, 0.3) is 97.4 Å². The summed E-state index contributed by atoms with van der Waals surface area (Å²) in [6.45, 7) is 0. The summed E-state index contributed by atoms with van der Waals surface area (Å²) in [7, 11) is 0. The van der Waals surface area contributed by atoms with Crippen LogP contribution in [0.5, 0.6) is 0 Å². The number of hydrogen-bond donors (Lipinski definition) is 0. The Morgan fingerprint density at radius 1 is 0.311 bits per heavy atom. The van der Waals surface area contributed by atoms with Crippen LogP contribution < -0.4 is 4.90 Å². The molecule has 0 saturated heterocycles. The SMILES string of the molecule is c1ccc(-c2cccc3c2sc2c(N(c4ccc(-c5ccc(-c6ccc7c(c6)oc6ccccc67)cc5)cc4)c4ccc(-c5cccc6ccccc56)cc4)cccc23)cc1. The summed E-state index contributed by atoms with van der Waals surface area (Å²) in [4.78, 5) is 2.42. The smallest absolute Gasteiger partial charge is 0.136 e. The lowest BCUT2D eigenvalue weighted by Crippen LogP contribution is -2.10. The van der Waals surface area contributed by atoms with Gasteiger partial charge in [-0.15, -0.1) is 11.3 Å². The molecule has 0 atom stereocenters. The zero-order valence-corrected chi connectivity index (χ0v) is 33.9. The first-order chi connectivity index (χ1) is 30.2. The number of thiophene rings is 1. The first-order valence-corrected chi connectivity index (χ1v) is 21.6. The molecule has 12 aromatic rings. The van der Waals surface area contributed by atoms with Crippen LogP contribution in [0.1, 0.15) is 0 Å². The topological polar surface area (TPSA) is 16.4 Å². The number of hydrogen-bond acceptors (Lipinski definition) is 3. The molecule has 0 aliphatic rings.